The van der Waals surface area contributed by atoms with E-state index in [-0.39, 0.29) is 5.78 Å². The van der Waals surface area contributed by atoms with Crippen molar-refractivity contribution in [1.29, 1.82) is 0 Å². The molecule has 0 saturated heterocycles. The molecule has 0 saturated carbocycles. The highest BCUT2D eigenvalue weighted by molar-refractivity contribution is 7.80. The van der Waals surface area contributed by atoms with Crippen molar-refractivity contribution in [3.8, 4) is 0 Å². The highest BCUT2D eigenvalue weighted by atomic mass is 32.1. The lowest BCUT2D eigenvalue weighted by atomic mass is 9.69. The summed E-state index contributed by atoms with van der Waals surface area (Å²) >= 11 is 5.45. The molecule has 0 radical (unpaired) electrons. The average molecular weight is 382 g/mol. The lowest BCUT2D eigenvalue weighted by molar-refractivity contribution is -0.128. The third-order valence-corrected chi connectivity index (χ3v) is 5.76. The van der Waals surface area contributed by atoms with Crippen LogP contribution in [0.4, 0.5) is 17.1 Å². The standard InChI is InChI=1S/C22H27N3OS/c1-14-7-9-15(10-8-14)23-20(27)24-16-11-12-18-17(13-16)21(2,3)19(26)22(4,5)25(18)6/h7-13H,1-6H3,(H2,23,24,27). The van der Waals surface area contributed by atoms with E-state index < -0.39 is 11.0 Å². The van der Waals surface area contributed by atoms with Gasteiger partial charge in [0.2, 0.25) is 0 Å². The Bertz CT molecular complexity index is 900. The molecule has 4 nitrogen and oxygen atoms in total. The van der Waals surface area contributed by atoms with Crippen LogP contribution in [0.2, 0.25) is 0 Å². The summed E-state index contributed by atoms with van der Waals surface area (Å²) in [6.07, 6.45) is 0. The molecular weight excluding hydrogens is 354 g/mol. The Balaban J connectivity index is 1.85. The Labute approximate surface area is 167 Å². The molecule has 0 aromatic heterocycles. The van der Waals surface area contributed by atoms with Gasteiger partial charge in [-0.2, -0.15) is 0 Å². The zero-order valence-electron chi connectivity index (χ0n) is 16.8. The Hall–Kier alpha value is -2.40. The topological polar surface area (TPSA) is 44.4 Å². The monoisotopic (exact) mass is 381 g/mol. The molecule has 27 heavy (non-hydrogen) atoms. The molecule has 1 heterocycles. The summed E-state index contributed by atoms with van der Waals surface area (Å²) in [5, 5.41) is 6.95. The highest BCUT2D eigenvalue weighted by Gasteiger charge is 2.48. The van der Waals surface area contributed by atoms with Crippen LogP contribution in [0.25, 0.3) is 0 Å². The van der Waals surface area contributed by atoms with Crippen molar-refractivity contribution < 1.29 is 4.79 Å². The summed E-state index contributed by atoms with van der Waals surface area (Å²) in [5.41, 5.74) is 4.00. The molecule has 2 aromatic rings. The van der Waals surface area contributed by atoms with Crippen LogP contribution in [0.1, 0.15) is 38.8 Å². The SMILES string of the molecule is Cc1ccc(NC(=S)Nc2ccc3c(c2)C(C)(C)C(=O)C(C)(C)N3C)cc1. The van der Waals surface area contributed by atoms with Gasteiger partial charge in [0.05, 0.1) is 11.0 Å². The number of nitrogens with one attached hydrogen (secondary N) is 2. The fourth-order valence-electron chi connectivity index (χ4n) is 3.68. The van der Waals surface area contributed by atoms with E-state index in [1.165, 1.54) is 5.56 Å². The number of benzene rings is 2. The fourth-order valence-corrected chi connectivity index (χ4v) is 3.91. The summed E-state index contributed by atoms with van der Waals surface area (Å²) in [4.78, 5) is 15.1. The van der Waals surface area contributed by atoms with E-state index in [9.17, 15) is 4.79 Å². The van der Waals surface area contributed by atoms with Gasteiger partial charge in [0.15, 0.2) is 10.9 Å². The number of fused-ring (bicyclic) bond motifs is 1. The predicted molar refractivity (Wildman–Crippen MR) is 118 cm³/mol. The van der Waals surface area contributed by atoms with Crippen LogP contribution < -0.4 is 15.5 Å². The molecule has 142 valence electrons. The van der Waals surface area contributed by atoms with Gasteiger partial charge in [-0.3, -0.25) is 4.79 Å². The average Bonchev–Trinajstić information content (AvgIpc) is 2.61. The van der Waals surface area contributed by atoms with Gasteiger partial charge < -0.3 is 15.5 Å². The number of thiocarbonyl (C=S) groups is 1. The molecule has 1 aliphatic rings. The van der Waals surface area contributed by atoms with Gasteiger partial charge in [-0.1, -0.05) is 17.7 Å². The summed E-state index contributed by atoms with van der Waals surface area (Å²) in [7, 11) is 1.97. The Kier molecular flexibility index (Phi) is 4.76. The molecule has 0 fully saturated rings. The maximum atomic E-state index is 13.0. The molecule has 2 N–H and O–H groups in total. The summed E-state index contributed by atoms with van der Waals surface area (Å²) in [5.74, 6) is 0.211. The van der Waals surface area contributed by atoms with Crippen LogP contribution in [0, 0.1) is 6.92 Å². The van der Waals surface area contributed by atoms with Gasteiger partial charge in [0.25, 0.3) is 0 Å². The first-order valence-electron chi connectivity index (χ1n) is 9.11. The number of ketones is 1. The molecule has 0 aliphatic carbocycles. The largest absolute Gasteiger partial charge is 0.362 e. The first-order chi connectivity index (χ1) is 12.5. The number of anilines is 3. The van der Waals surface area contributed by atoms with Crippen molar-refractivity contribution in [2.75, 3.05) is 22.6 Å². The second-order valence-corrected chi connectivity index (χ2v) is 8.66. The summed E-state index contributed by atoms with van der Waals surface area (Å²) in [6.45, 7) is 10.00. The van der Waals surface area contributed by atoms with E-state index >= 15 is 0 Å². The van der Waals surface area contributed by atoms with Crippen molar-refractivity contribution in [3.63, 3.8) is 0 Å². The quantitative estimate of drug-likeness (QED) is 0.726. The first-order valence-corrected chi connectivity index (χ1v) is 9.52. The van der Waals surface area contributed by atoms with Crippen molar-refractivity contribution >= 4 is 40.2 Å². The van der Waals surface area contributed by atoms with Crippen LogP contribution in [-0.4, -0.2) is 23.5 Å². The number of rotatable bonds is 2. The van der Waals surface area contributed by atoms with Gasteiger partial charge in [0.1, 0.15) is 0 Å². The van der Waals surface area contributed by atoms with Crippen molar-refractivity contribution in [1.82, 2.24) is 0 Å². The lowest BCUT2D eigenvalue weighted by Crippen LogP contribution is -2.58. The van der Waals surface area contributed by atoms with E-state index in [1.54, 1.807) is 0 Å². The molecule has 0 unspecified atom stereocenters. The molecular formula is C22H27N3OS. The number of hydrogen-bond acceptors (Lipinski definition) is 3. The molecule has 1 aliphatic heterocycles. The second kappa shape index (κ2) is 6.64. The van der Waals surface area contributed by atoms with E-state index in [0.717, 1.165) is 22.6 Å². The van der Waals surface area contributed by atoms with E-state index in [1.807, 2.05) is 71.1 Å². The number of likely N-dealkylation sites (N-methyl/N-ethyl adjacent to an activating group) is 1. The molecule has 0 atom stereocenters. The normalized spacial score (nSPS) is 17.3. The maximum absolute atomic E-state index is 13.0. The third kappa shape index (κ3) is 3.44. The summed E-state index contributed by atoms with van der Waals surface area (Å²) < 4.78 is 0. The lowest BCUT2D eigenvalue weighted by Gasteiger charge is -2.48. The van der Waals surface area contributed by atoms with Gasteiger partial charge >= 0.3 is 0 Å². The minimum Gasteiger partial charge on any atom is -0.362 e. The Morgan fingerprint density at radius 3 is 2.15 bits per heavy atom. The zero-order valence-corrected chi connectivity index (χ0v) is 17.6. The maximum Gasteiger partial charge on any atom is 0.175 e. The number of aryl methyl sites for hydroxylation is 1. The van der Waals surface area contributed by atoms with Crippen LogP contribution in [0.3, 0.4) is 0 Å². The summed E-state index contributed by atoms with van der Waals surface area (Å²) in [6, 6.07) is 14.2. The molecule has 2 aromatic carbocycles. The van der Waals surface area contributed by atoms with E-state index in [4.69, 9.17) is 12.2 Å². The molecule has 0 spiro atoms. The van der Waals surface area contributed by atoms with Crippen LogP contribution in [0.5, 0.6) is 0 Å². The van der Waals surface area contributed by atoms with Crippen LogP contribution in [0.15, 0.2) is 42.5 Å². The number of carbonyl (C=O) groups is 1. The minimum atomic E-state index is -0.560. The Morgan fingerprint density at radius 1 is 0.963 bits per heavy atom. The predicted octanol–water partition coefficient (Wildman–Crippen LogP) is 4.88. The third-order valence-electron chi connectivity index (χ3n) is 5.56. The smallest absolute Gasteiger partial charge is 0.175 e. The van der Waals surface area contributed by atoms with Crippen LogP contribution in [-0.2, 0) is 10.2 Å². The number of carbonyl (C=O) groups excluding carboxylic acids is 1. The van der Waals surface area contributed by atoms with E-state index in [2.05, 4.69) is 28.5 Å². The highest BCUT2D eigenvalue weighted by Crippen LogP contribution is 2.44. The zero-order chi connectivity index (χ0) is 20.0. The van der Waals surface area contributed by atoms with Crippen LogP contribution >= 0.6 is 12.2 Å². The van der Waals surface area contributed by atoms with Crippen molar-refractivity contribution in [2.24, 2.45) is 0 Å². The number of Topliss-reactive ketones (excluding diaryl/α,β-unsaturated/α-hetero) is 1. The second-order valence-electron chi connectivity index (χ2n) is 8.25. The molecule has 3 rings (SSSR count). The Morgan fingerprint density at radius 2 is 1.52 bits per heavy atom. The van der Waals surface area contributed by atoms with E-state index in [0.29, 0.717) is 5.11 Å². The van der Waals surface area contributed by atoms with Gasteiger partial charge in [-0.05, 0) is 82.7 Å². The van der Waals surface area contributed by atoms with Crippen molar-refractivity contribution in [2.45, 2.75) is 45.6 Å². The van der Waals surface area contributed by atoms with Crippen molar-refractivity contribution in [3.05, 3.63) is 53.6 Å². The molecule has 0 bridgehead atoms. The number of nitrogens with zero attached hydrogens (tertiary/aromatic N) is 1. The minimum absolute atomic E-state index is 0.211. The first kappa shape index (κ1) is 19.4. The molecule has 0 amide bonds. The molecule has 5 heteroatoms. The number of hydrogen-bond donors (Lipinski definition) is 2. The van der Waals surface area contributed by atoms with Gasteiger partial charge in [0, 0.05) is 24.1 Å². The fraction of sp³-hybridized carbons (Fsp3) is 0.364. The van der Waals surface area contributed by atoms with Gasteiger partial charge in [-0.15, -0.1) is 0 Å². The van der Waals surface area contributed by atoms with Gasteiger partial charge in [-0.25, -0.2) is 0 Å².